The lowest BCUT2D eigenvalue weighted by atomic mass is 10.1. The summed E-state index contributed by atoms with van der Waals surface area (Å²) in [4.78, 5) is 19.1. The molecule has 3 aromatic rings. The molecule has 1 saturated heterocycles. The van der Waals surface area contributed by atoms with Crippen molar-refractivity contribution in [2.24, 2.45) is 0 Å². The first-order valence-corrected chi connectivity index (χ1v) is 11.0. The van der Waals surface area contributed by atoms with Crippen LogP contribution in [-0.4, -0.2) is 71.9 Å². The molecule has 182 valence electrons. The van der Waals surface area contributed by atoms with Crippen LogP contribution in [0.15, 0.2) is 30.3 Å². The number of hydrogen-bond donors (Lipinski definition) is 1. The predicted octanol–water partition coefficient (Wildman–Crippen LogP) is 3.53. The third-order valence-electron chi connectivity index (χ3n) is 5.44. The first-order valence-electron chi connectivity index (χ1n) is 10.7. The summed E-state index contributed by atoms with van der Waals surface area (Å²) in [6, 6.07) is 7.34. The first kappa shape index (κ1) is 24.2. The normalized spacial score (nSPS) is 15.0. The van der Waals surface area contributed by atoms with Gasteiger partial charge in [-0.2, -0.15) is 18.3 Å². The van der Waals surface area contributed by atoms with E-state index in [1.165, 1.54) is 7.11 Å². The van der Waals surface area contributed by atoms with E-state index >= 15 is 0 Å². The highest BCUT2D eigenvalue weighted by Gasteiger charge is 2.36. The number of aromatic nitrogens is 3. The number of halogens is 4. The Hall–Kier alpha value is -2.89. The highest BCUT2D eigenvalue weighted by molar-refractivity contribution is 6.36. The molecule has 1 amide bonds. The van der Waals surface area contributed by atoms with Crippen LogP contribution in [0.2, 0.25) is 5.02 Å². The lowest BCUT2D eigenvalue weighted by Gasteiger charge is -2.26. The van der Waals surface area contributed by atoms with Crippen LogP contribution in [0.1, 0.15) is 22.6 Å². The van der Waals surface area contributed by atoms with Gasteiger partial charge in [-0.05, 0) is 31.2 Å². The van der Waals surface area contributed by atoms with Gasteiger partial charge in [-0.1, -0.05) is 23.7 Å². The highest BCUT2D eigenvalue weighted by Crippen LogP contribution is 2.35. The lowest BCUT2D eigenvalue weighted by molar-refractivity contribution is -0.142. The molecule has 0 aliphatic carbocycles. The molecule has 1 aliphatic rings. The Morgan fingerprint density at radius 1 is 1.26 bits per heavy atom. The van der Waals surface area contributed by atoms with E-state index in [1.54, 1.807) is 24.3 Å². The fourth-order valence-electron chi connectivity index (χ4n) is 3.68. The zero-order valence-electron chi connectivity index (χ0n) is 18.4. The number of fused-ring (bicyclic) bond motifs is 1. The average molecular weight is 498 g/mol. The van der Waals surface area contributed by atoms with Crippen molar-refractivity contribution in [2.75, 3.05) is 46.5 Å². The molecule has 2 aromatic heterocycles. The zero-order chi connectivity index (χ0) is 24.3. The van der Waals surface area contributed by atoms with Crippen molar-refractivity contribution < 1.29 is 27.4 Å². The van der Waals surface area contributed by atoms with Crippen molar-refractivity contribution in [3.8, 4) is 17.0 Å². The molecule has 0 bridgehead atoms. The van der Waals surface area contributed by atoms with Crippen LogP contribution >= 0.6 is 11.6 Å². The van der Waals surface area contributed by atoms with Gasteiger partial charge in [0.05, 0.1) is 26.0 Å². The molecule has 0 unspecified atom stereocenters. The highest BCUT2D eigenvalue weighted by atomic mass is 35.5. The van der Waals surface area contributed by atoms with Crippen LogP contribution in [0.3, 0.4) is 0 Å². The summed E-state index contributed by atoms with van der Waals surface area (Å²) in [5, 5.41) is 6.28. The number of benzene rings is 1. The summed E-state index contributed by atoms with van der Waals surface area (Å²) in [6.07, 6.45) is -4.08. The molecule has 1 aliphatic heterocycles. The number of carbonyl (C=O) groups is 1. The Kier molecular flexibility index (Phi) is 7.24. The minimum Gasteiger partial charge on any atom is -0.497 e. The second-order valence-electron chi connectivity index (χ2n) is 7.72. The number of ether oxygens (including phenoxy) is 2. The molecule has 0 spiro atoms. The molecule has 1 fully saturated rings. The number of nitrogens with zero attached hydrogens (tertiary/aromatic N) is 4. The second kappa shape index (κ2) is 10.2. The van der Waals surface area contributed by atoms with Crippen molar-refractivity contribution in [2.45, 2.75) is 12.6 Å². The van der Waals surface area contributed by atoms with Gasteiger partial charge in [0.25, 0.3) is 5.91 Å². The van der Waals surface area contributed by atoms with E-state index in [0.29, 0.717) is 42.0 Å². The van der Waals surface area contributed by atoms with Crippen molar-refractivity contribution in [3.05, 3.63) is 46.7 Å². The van der Waals surface area contributed by atoms with Crippen molar-refractivity contribution >= 4 is 23.2 Å². The fourth-order valence-corrected chi connectivity index (χ4v) is 3.93. The third kappa shape index (κ3) is 5.26. The fraction of sp³-hybridized carbons (Fsp3) is 0.409. The summed E-state index contributed by atoms with van der Waals surface area (Å²) >= 11 is 6.31. The molecule has 34 heavy (non-hydrogen) atoms. The van der Waals surface area contributed by atoms with E-state index in [4.69, 9.17) is 21.1 Å². The van der Waals surface area contributed by atoms with Crippen LogP contribution in [0.5, 0.6) is 5.75 Å². The summed E-state index contributed by atoms with van der Waals surface area (Å²) < 4.78 is 52.6. The maximum atomic E-state index is 13.9. The summed E-state index contributed by atoms with van der Waals surface area (Å²) in [5.74, 6) is -0.196. The minimum atomic E-state index is -4.75. The van der Waals surface area contributed by atoms with Gasteiger partial charge in [0.15, 0.2) is 17.0 Å². The van der Waals surface area contributed by atoms with Gasteiger partial charge >= 0.3 is 6.18 Å². The van der Waals surface area contributed by atoms with E-state index in [-0.39, 0.29) is 22.1 Å². The second-order valence-corrected chi connectivity index (χ2v) is 8.10. The van der Waals surface area contributed by atoms with Gasteiger partial charge < -0.3 is 14.8 Å². The number of carbonyl (C=O) groups excluding carboxylic acids is 1. The Bertz CT molecular complexity index is 1180. The maximum absolute atomic E-state index is 13.9. The summed E-state index contributed by atoms with van der Waals surface area (Å²) in [7, 11) is 1.45. The van der Waals surface area contributed by atoms with Gasteiger partial charge in [-0.25, -0.2) is 9.50 Å². The minimum absolute atomic E-state index is 0.0259. The quantitative estimate of drug-likeness (QED) is 0.503. The number of methoxy groups -OCH3 is 1. The van der Waals surface area contributed by atoms with Gasteiger partial charge in [0.2, 0.25) is 0 Å². The Morgan fingerprint density at radius 2 is 2.03 bits per heavy atom. The smallest absolute Gasteiger partial charge is 0.433 e. The molecular formula is C22H23ClF3N5O3. The van der Waals surface area contributed by atoms with Crippen LogP contribution in [-0.2, 0) is 10.9 Å². The van der Waals surface area contributed by atoms with Crippen LogP contribution in [0.4, 0.5) is 13.2 Å². The molecule has 1 aromatic carbocycles. The molecular weight excluding hydrogens is 475 g/mol. The SMILES string of the molecule is COc1cccc(-c2cc(C(F)(F)F)n3nc(C(=O)NCCCN4CCOCC4)c(Cl)c3n2)c1. The summed E-state index contributed by atoms with van der Waals surface area (Å²) in [6.45, 7) is 4.10. The summed E-state index contributed by atoms with van der Waals surface area (Å²) in [5.41, 5.74) is -1.23. The lowest BCUT2D eigenvalue weighted by Crippen LogP contribution is -2.38. The number of hydrogen-bond acceptors (Lipinski definition) is 6. The van der Waals surface area contributed by atoms with E-state index in [1.807, 2.05) is 0 Å². The standard InChI is InChI=1S/C22H23ClF3N5O3/c1-33-15-5-2-4-14(12-15)16-13-17(22(24,25)26)31-20(28-16)18(23)19(29-31)21(32)27-6-3-7-30-8-10-34-11-9-30/h2,4-5,12-13H,3,6-11H2,1H3,(H,27,32). The third-order valence-corrected chi connectivity index (χ3v) is 5.79. The average Bonchev–Trinajstić information content (AvgIpc) is 3.17. The number of morpholine rings is 1. The topological polar surface area (TPSA) is 81.0 Å². The molecule has 8 nitrogen and oxygen atoms in total. The molecule has 0 atom stereocenters. The monoisotopic (exact) mass is 497 g/mol. The van der Waals surface area contributed by atoms with Crippen molar-refractivity contribution in [1.29, 1.82) is 0 Å². The number of nitrogens with one attached hydrogen (secondary N) is 1. The molecule has 12 heteroatoms. The Morgan fingerprint density at radius 3 is 2.74 bits per heavy atom. The van der Waals surface area contributed by atoms with Gasteiger partial charge in [-0.15, -0.1) is 0 Å². The van der Waals surface area contributed by atoms with Crippen molar-refractivity contribution in [3.63, 3.8) is 0 Å². The van der Waals surface area contributed by atoms with Crippen molar-refractivity contribution in [1.82, 2.24) is 24.8 Å². The van der Waals surface area contributed by atoms with E-state index in [0.717, 1.165) is 25.7 Å². The number of amides is 1. The Labute approximate surface area is 198 Å². The van der Waals surface area contributed by atoms with Gasteiger partial charge in [0, 0.05) is 25.2 Å². The molecule has 0 saturated carbocycles. The molecule has 3 heterocycles. The van der Waals surface area contributed by atoms with E-state index in [2.05, 4.69) is 20.3 Å². The predicted molar refractivity (Wildman–Crippen MR) is 119 cm³/mol. The molecule has 1 N–H and O–H groups in total. The van der Waals surface area contributed by atoms with Crippen LogP contribution in [0, 0.1) is 0 Å². The zero-order valence-corrected chi connectivity index (χ0v) is 19.1. The maximum Gasteiger partial charge on any atom is 0.433 e. The number of rotatable bonds is 7. The van der Waals surface area contributed by atoms with Gasteiger partial charge in [-0.3, -0.25) is 9.69 Å². The van der Waals surface area contributed by atoms with Gasteiger partial charge in [0.1, 0.15) is 10.8 Å². The number of alkyl halides is 3. The van der Waals surface area contributed by atoms with Crippen LogP contribution in [0.25, 0.3) is 16.9 Å². The Balaban J connectivity index is 1.60. The van der Waals surface area contributed by atoms with E-state index < -0.39 is 17.8 Å². The molecule has 4 rings (SSSR count). The largest absolute Gasteiger partial charge is 0.497 e. The van der Waals surface area contributed by atoms with Crippen LogP contribution < -0.4 is 10.1 Å². The van der Waals surface area contributed by atoms with E-state index in [9.17, 15) is 18.0 Å². The first-order chi connectivity index (χ1) is 16.3. The molecule has 0 radical (unpaired) electrons.